The maximum Gasteiger partial charge on any atom is 0.242 e. The fourth-order valence-electron chi connectivity index (χ4n) is 5.17. The van der Waals surface area contributed by atoms with E-state index in [1.807, 2.05) is 46.2 Å². The Kier molecular flexibility index (Phi) is 6.16. The van der Waals surface area contributed by atoms with Crippen molar-refractivity contribution in [1.29, 1.82) is 0 Å². The predicted molar refractivity (Wildman–Crippen MR) is 130 cm³/mol. The molecule has 6 nitrogen and oxygen atoms in total. The topological polar surface area (TPSA) is 58.4 Å². The van der Waals surface area contributed by atoms with E-state index in [2.05, 4.69) is 23.6 Å². The molecule has 3 heterocycles. The molecule has 0 unspecified atom stereocenters. The number of nitrogens with zero attached hydrogens (tertiary/aromatic N) is 4. The van der Waals surface area contributed by atoms with Gasteiger partial charge in [-0.15, -0.1) is 0 Å². The number of likely N-dealkylation sites (tertiary alicyclic amines) is 1. The van der Waals surface area contributed by atoms with Crippen LogP contribution < -0.4 is 4.90 Å². The van der Waals surface area contributed by atoms with E-state index in [4.69, 9.17) is 4.98 Å². The third kappa shape index (κ3) is 4.39. The van der Waals surface area contributed by atoms with E-state index in [-0.39, 0.29) is 24.3 Å². The fraction of sp³-hybridized carbons (Fsp3) is 0.444. The predicted octanol–water partition coefficient (Wildman–Crippen LogP) is 4.52. The van der Waals surface area contributed by atoms with Crippen molar-refractivity contribution in [3.05, 3.63) is 59.9 Å². The minimum atomic E-state index is -0.0346. The smallest absolute Gasteiger partial charge is 0.242 e. The molecule has 0 bridgehead atoms. The third-order valence-corrected chi connectivity index (χ3v) is 7.08. The van der Waals surface area contributed by atoms with Gasteiger partial charge in [0.1, 0.15) is 12.4 Å². The molecular weight excluding hydrogens is 412 g/mol. The van der Waals surface area contributed by atoms with Crippen LogP contribution in [0.25, 0.3) is 11.0 Å². The molecule has 33 heavy (non-hydrogen) atoms. The Morgan fingerprint density at radius 1 is 1.00 bits per heavy atom. The van der Waals surface area contributed by atoms with Crippen LogP contribution in [0.3, 0.4) is 0 Å². The molecule has 2 saturated heterocycles. The number of aromatic nitrogens is 2. The highest BCUT2D eigenvalue weighted by Gasteiger charge is 2.35. The first-order valence-corrected chi connectivity index (χ1v) is 12.3. The molecule has 2 aromatic carbocycles. The van der Waals surface area contributed by atoms with Crippen molar-refractivity contribution in [3.63, 3.8) is 0 Å². The lowest BCUT2D eigenvalue weighted by Gasteiger charge is -2.22. The van der Waals surface area contributed by atoms with E-state index < -0.39 is 0 Å². The lowest BCUT2D eigenvalue weighted by molar-refractivity contribution is -0.131. The summed E-state index contributed by atoms with van der Waals surface area (Å²) in [5.41, 5.74) is 4.04. The van der Waals surface area contributed by atoms with Gasteiger partial charge in [-0.2, -0.15) is 0 Å². The largest absolute Gasteiger partial charge is 0.341 e. The average molecular weight is 445 g/mol. The number of hydrogen-bond acceptors (Lipinski definition) is 3. The van der Waals surface area contributed by atoms with Gasteiger partial charge in [0.25, 0.3) is 0 Å². The first-order valence-electron chi connectivity index (χ1n) is 12.3. The van der Waals surface area contributed by atoms with Crippen LogP contribution in [0.1, 0.15) is 56.3 Å². The molecule has 3 aromatic rings. The van der Waals surface area contributed by atoms with Gasteiger partial charge in [0, 0.05) is 37.7 Å². The van der Waals surface area contributed by atoms with Crippen LogP contribution in [-0.2, 0) is 22.6 Å². The van der Waals surface area contributed by atoms with Gasteiger partial charge in [0.15, 0.2) is 0 Å². The molecule has 2 aliphatic heterocycles. The van der Waals surface area contributed by atoms with Crippen molar-refractivity contribution in [2.45, 2.75) is 57.9 Å². The zero-order valence-electron chi connectivity index (χ0n) is 19.4. The van der Waals surface area contributed by atoms with E-state index in [1.165, 1.54) is 18.4 Å². The molecule has 0 saturated carbocycles. The van der Waals surface area contributed by atoms with Gasteiger partial charge in [0.05, 0.1) is 11.0 Å². The van der Waals surface area contributed by atoms with Crippen molar-refractivity contribution in [2.75, 3.05) is 24.5 Å². The number of carbonyl (C=O) groups is 2. The monoisotopic (exact) mass is 444 g/mol. The lowest BCUT2D eigenvalue weighted by Crippen LogP contribution is -2.35. The highest BCUT2D eigenvalue weighted by Crippen LogP contribution is 2.33. The standard InChI is InChI=1S/C27H32N4O2/c1-2-20-11-13-22(14-12-20)30-18-21(17-25(30)32)27-28-23-9-5-6-10-24(23)31(27)19-26(33)29-15-7-3-4-8-16-29/h5-6,9-14,21H,2-4,7-8,15-19H2,1H3/t21-/m0/s1. The summed E-state index contributed by atoms with van der Waals surface area (Å²) >= 11 is 0. The number of benzene rings is 2. The highest BCUT2D eigenvalue weighted by atomic mass is 16.2. The second kappa shape index (κ2) is 9.38. The summed E-state index contributed by atoms with van der Waals surface area (Å²) in [6.07, 6.45) is 5.94. The zero-order valence-corrected chi connectivity index (χ0v) is 19.4. The van der Waals surface area contributed by atoms with Crippen LogP contribution in [0, 0.1) is 0 Å². The summed E-state index contributed by atoms with van der Waals surface area (Å²) < 4.78 is 2.06. The van der Waals surface area contributed by atoms with Crippen molar-refractivity contribution in [2.24, 2.45) is 0 Å². The quantitative estimate of drug-likeness (QED) is 0.581. The van der Waals surface area contributed by atoms with E-state index in [9.17, 15) is 9.59 Å². The number of fused-ring (bicyclic) bond motifs is 1. The van der Waals surface area contributed by atoms with Crippen LogP contribution in [0.15, 0.2) is 48.5 Å². The van der Waals surface area contributed by atoms with E-state index in [1.54, 1.807) is 0 Å². The summed E-state index contributed by atoms with van der Waals surface area (Å²) in [5, 5.41) is 0. The lowest BCUT2D eigenvalue weighted by atomic mass is 10.1. The number of aryl methyl sites for hydroxylation is 1. The molecule has 1 aromatic heterocycles. The van der Waals surface area contributed by atoms with Gasteiger partial charge >= 0.3 is 0 Å². The van der Waals surface area contributed by atoms with Gasteiger partial charge in [-0.05, 0) is 49.1 Å². The second-order valence-corrected chi connectivity index (χ2v) is 9.27. The molecule has 5 rings (SSSR count). The van der Waals surface area contributed by atoms with E-state index in [0.717, 1.165) is 54.9 Å². The third-order valence-electron chi connectivity index (χ3n) is 7.08. The first kappa shape index (κ1) is 21.7. The maximum absolute atomic E-state index is 13.2. The summed E-state index contributed by atoms with van der Waals surface area (Å²) in [5.74, 6) is 1.08. The molecule has 0 N–H and O–H groups in total. The Labute approximate surface area is 195 Å². The number of para-hydroxylation sites is 2. The number of rotatable bonds is 5. The maximum atomic E-state index is 13.2. The number of carbonyl (C=O) groups excluding carboxylic acids is 2. The Balaban J connectivity index is 1.43. The summed E-state index contributed by atoms with van der Waals surface area (Å²) in [7, 11) is 0. The van der Waals surface area contributed by atoms with Gasteiger partial charge < -0.3 is 14.4 Å². The summed E-state index contributed by atoms with van der Waals surface area (Å²) in [6, 6.07) is 16.2. The molecule has 2 amide bonds. The Bertz CT molecular complexity index is 1140. The molecule has 0 radical (unpaired) electrons. The molecule has 2 aliphatic rings. The molecule has 0 aliphatic carbocycles. The van der Waals surface area contributed by atoms with Crippen LogP contribution >= 0.6 is 0 Å². The first-order chi connectivity index (χ1) is 16.1. The van der Waals surface area contributed by atoms with Crippen molar-refractivity contribution >= 4 is 28.5 Å². The van der Waals surface area contributed by atoms with Gasteiger partial charge in [-0.1, -0.05) is 44.0 Å². The minimum Gasteiger partial charge on any atom is -0.341 e. The van der Waals surface area contributed by atoms with Crippen LogP contribution in [0.4, 0.5) is 5.69 Å². The average Bonchev–Trinajstić information content (AvgIpc) is 3.27. The van der Waals surface area contributed by atoms with Crippen molar-refractivity contribution in [1.82, 2.24) is 14.5 Å². The number of hydrogen-bond donors (Lipinski definition) is 0. The molecule has 6 heteroatoms. The summed E-state index contributed by atoms with van der Waals surface area (Å²) in [6.45, 7) is 4.68. The molecule has 0 spiro atoms. The number of anilines is 1. The second-order valence-electron chi connectivity index (χ2n) is 9.27. The van der Waals surface area contributed by atoms with Gasteiger partial charge in [0.2, 0.25) is 11.8 Å². The van der Waals surface area contributed by atoms with E-state index in [0.29, 0.717) is 13.0 Å². The van der Waals surface area contributed by atoms with Crippen molar-refractivity contribution < 1.29 is 9.59 Å². The van der Waals surface area contributed by atoms with Crippen LogP contribution in [0.2, 0.25) is 0 Å². The molecule has 2 fully saturated rings. The molecule has 172 valence electrons. The Morgan fingerprint density at radius 3 is 2.45 bits per heavy atom. The minimum absolute atomic E-state index is 0.0346. The van der Waals surface area contributed by atoms with Crippen LogP contribution in [0.5, 0.6) is 0 Å². The SMILES string of the molecule is CCc1ccc(N2C[C@@H](c3nc4ccccc4n3CC(=O)N3CCCCCC3)CC2=O)cc1. The Hall–Kier alpha value is -3.15. The normalized spacial score (nSPS) is 19.3. The van der Waals surface area contributed by atoms with Crippen molar-refractivity contribution in [3.8, 4) is 0 Å². The van der Waals surface area contributed by atoms with Gasteiger partial charge in [-0.25, -0.2) is 4.98 Å². The summed E-state index contributed by atoms with van der Waals surface area (Å²) in [4.78, 5) is 35.0. The number of amides is 2. The Morgan fingerprint density at radius 2 is 1.73 bits per heavy atom. The number of imidazole rings is 1. The molecular formula is C27H32N4O2. The molecule has 1 atom stereocenters. The highest BCUT2D eigenvalue weighted by molar-refractivity contribution is 5.96. The fourth-order valence-corrected chi connectivity index (χ4v) is 5.17. The van der Waals surface area contributed by atoms with Crippen LogP contribution in [-0.4, -0.2) is 45.9 Å². The van der Waals surface area contributed by atoms with E-state index >= 15 is 0 Å². The van der Waals surface area contributed by atoms with Gasteiger partial charge in [-0.3, -0.25) is 9.59 Å². The zero-order chi connectivity index (χ0) is 22.8.